The van der Waals surface area contributed by atoms with Crippen LogP contribution in [0.2, 0.25) is 0 Å². The normalized spacial score (nSPS) is 25.3. The fraction of sp³-hybridized carbons (Fsp3) is 0.571. The van der Waals surface area contributed by atoms with E-state index in [1.54, 1.807) is 12.1 Å². The van der Waals surface area contributed by atoms with Crippen molar-refractivity contribution in [2.24, 2.45) is 5.92 Å². The number of benzene rings is 1. The molecule has 5 heteroatoms. The topological polar surface area (TPSA) is 58.2 Å². The third-order valence-electron chi connectivity index (χ3n) is 4.01. The first-order valence-corrected chi connectivity index (χ1v) is 8.43. The number of hydrogen-bond acceptors (Lipinski definition) is 3. The highest BCUT2D eigenvalue weighted by Gasteiger charge is 2.39. The predicted octanol–water partition coefficient (Wildman–Crippen LogP) is 1.76. The number of fused-ring (bicyclic) bond motifs is 1. The minimum atomic E-state index is -3.35. The number of hydrogen-bond donors (Lipinski definition) is 2. The van der Waals surface area contributed by atoms with E-state index in [-0.39, 0.29) is 6.04 Å². The number of rotatable bonds is 5. The highest BCUT2D eigenvalue weighted by Crippen LogP contribution is 2.35. The van der Waals surface area contributed by atoms with Gasteiger partial charge in [0.05, 0.1) is 4.90 Å². The summed E-state index contributed by atoms with van der Waals surface area (Å²) >= 11 is 0. The van der Waals surface area contributed by atoms with Crippen LogP contribution >= 0.6 is 0 Å². The van der Waals surface area contributed by atoms with Gasteiger partial charge in [-0.25, -0.2) is 13.1 Å². The molecule has 1 saturated carbocycles. The second-order valence-corrected chi connectivity index (χ2v) is 7.26. The third kappa shape index (κ3) is 2.68. The molecule has 1 aliphatic heterocycles. The van der Waals surface area contributed by atoms with Crippen LogP contribution in [0.1, 0.15) is 37.3 Å². The first-order valence-electron chi connectivity index (χ1n) is 6.95. The van der Waals surface area contributed by atoms with Crippen LogP contribution in [0, 0.1) is 5.92 Å². The van der Waals surface area contributed by atoms with Crippen LogP contribution in [0.5, 0.6) is 0 Å². The summed E-state index contributed by atoms with van der Waals surface area (Å²) in [6.45, 7) is 3.74. The zero-order valence-corrected chi connectivity index (χ0v) is 12.0. The second-order valence-electron chi connectivity index (χ2n) is 5.55. The largest absolute Gasteiger partial charge is 0.309 e. The van der Waals surface area contributed by atoms with Gasteiger partial charge in [0.2, 0.25) is 10.0 Å². The maximum atomic E-state index is 12.3. The molecule has 3 rings (SSSR count). The van der Waals surface area contributed by atoms with Crippen LogP contribution in [-0.2, 0) is 23.1 Å². The molecular weight excluding hydrogens is 260 g/mol. The van der Waals surface area contributed by atoms with Crippen LogP contribution in [0.4, 0.5) is 0 Å². The summed E-state index contributed by atoms with van der Waals surface area (Å²) in [5, 5.41) is 3.23. The van der Waals surface area contributed by atoms with Gasteiger partial charge in [0.25, 0.3) is 0 Å². The summed E-state index contributed by atoms with van der Waals surface area (Å²) in [5.41, 5.74) is 2.30. The van der Waals surface area contributed by atoms with Crippen molar-refractivity contribution in [1.82, 2.24) is 10.0 Å². The maximum absolute atomic E-state index is 12.3. The number of nitrogens with one attached hydrogen (secondary N) is 2. The van der Waals surface area contributed by atoms with E-state index in [0.717, 1.165) is 37.9 Å². The molecule has 1 aliphatic carbocycles. The Morgan fingerprint density at radius 3 is 2.89 bits per heavy atom. The van der Waals surface area contributed by atoms with Gasteiger partial charge in [0.15, 0.2) is 0 Å². The molecule has 2 unspecified atom stereocenters. The molecule has 2 N–H and O–H groups in total. The summed E-state index contributed by atoms with van der Waals surface area (Å²) in [6.07, 6.45) is 3.22. The molecule has 2 atom stereocenters. The van der Waals surface area contributed by atoms with Gasteiger partial charge in [-0.1, -0.05) is 19.4 Å². The second kappa shape index (κ2) is 4.89. The summed E-state index contributed by atoms with van der Waals surface area (Å²) in [7, 11) is -3.35. The van der Waals surface area contributed by atoms with E-state index in [0.29, 0.717) is 10.8 Å². The standard InChI is InChI=1S/C14H20N2O2S/c1-2-3-10-7-14(10)16-19(17,18)13-5-4-11-8-15-9-12(11)6-13/h4-6,10,14-16H,2-3,7-9H2,1H3. The molecule has 19 heavy (non-hydrogen) atoms. The van der Waals surface area contributed by atoms with Gasteiger partial charge in [-0.05, 0) is 42.0 Å². The van der Waals surface area contributed by atoms with Crippen LogP contribution in [-0.4, -0.2) is 14.5 Å². The lowest BCUT2D eigenvalue weighted by molar-refractivity contribution is 0.573. The Morgan fingerprint density at radius 1 is 1.32 bits per heavy atom. The minimum absolute atomic E-state index is 0.149. The van der Waals surface area contributed by atoms with E-state index in [1.807, 2.05) is 6.07 Å². The van der Waals surface area contributed by atoms with Crippen LogP contribution < -0.4 is 10.0 Å². The lowest BCUT2D eigenvalue weighted by Gasteiger charge is -2.08. The average Bonchev–Trinajstić information content (AvgIpc) is 2.92. The highest BCUT2D eigenvalue weighted by atomic mass is 32.2. The van der Waals surface area contributed by atoms with Crippen molar-refractivity contribution < 1.29 is 8.42 Å². The van der Waals surface area contributed by atoms with E-state index in [9.17, 15) is 8.42 Å². The third-order valence-corrected chi connectivity index (χ3v) is 5.50. The molecule has 0 spiro atoms. The Hall–Kier alpha value is -0.910. The van der Waals surface area contributed by atoms with Gasteiger partial charge < -0.3 is 5.32 Å². The summed E-state index contributed by atoms with van der Waals surface area (Å²) in [6, 6.07) is 5.58. The first kappa shape index (κ1) is 13.1. The first-order chi connectivity index (χ1) is 9.10. The minimum Gasteiger partial charge on any atom is -0.309 e. The quantitative estimate of drug-likeness (QED) is 0.864. The van der Waals surface area contributed by atoms with E-state index in [1.165, 1.54) is 5.56 Å². The van der Waals surface area contributed by atoms with E-state index >= 15 is 0 Å². The van der Waals surface area contributed by atoms with Gasteiger partial charge in [0, 0.05) is 19.1 Å². The summed E-state index contributed by atoms with van der Waals surface area (Å²) in [4.78, 5) is 0.400. The zero-order chi connectivity index (χ0) is 13.5. The molecule has 0 amide bonds. The molecule has 0 bridgehead atoms. The lowest BCUT2D eigenvalue weighted by atomic mass is 10.1. The Labute approximate surface area is 114 Å². The Morgan fingerprint density at radius 2 is 2.11 bits per heavy atom. The van der Waals surface area contributed by atoms with Crippen LogP contribution in [0.25, 0.3) is 0 Å². The Balaban J connectivity index is 1.74. The molecule has 4 nitrogen and oxygen atoms in total. The predicted molar refractivity (Wildman–Crippen MR) is 74.1 cm³/mol. The van der Waals surface area contributed by atoms with Gasteiger partial charge >= 0.3 is 0 Å². The molecule has 1 fully saturated rings. The van der Waals surface area contributed by atoms with Gasteiger partial charge in [-0.3, -0.25) is 0 Å². The van der Waals surface area contributed by atoms with Gasteiger partial charge in [-0.15, -0.1) is 0 Å². The fourth-order valence-electron chi connectivity index (χ4n) is 2.79. The fourth-order valence-corrected chi connectivity index (χ4v) is 4.16. The average molecular weight is 280 g/mol. The van der Waals surface area contributed by atoms with Crippen molar-refractivity contribution >= 4 is 10.0 Å². The molecule has 0 radical (unpaired) electrons. The van der Waals surface area contributed by atoms with Crippen LogP contribution in [0.15, 0.2) is 23.1 Å². The highest BCUT2D eigenvalue weighted by molar-refractivity contribution is 7.89. The molecule has 0 saturated heterocycles. The maximum Gasteiger partial charge on any atom is 0.240 e. The van der Waals surface area contributed by atoms with Crippen molar-refractivity contribution in [2.45, 2.75) is 50.2 Å². The van der Waals surface area contributed by atoms with Gasteiger partial charge in [0.1, 0.15) is 0 Å². The molecular formula is C14H20N2O2S. The van der Waals surface area contributed by atoms with Crippen molar-refractivity contribution in [1.29, 1.82) is 0 Å². The van der Waals surface area contributed by atoms with Gasteiger partial charge in [-0.2, -0.15) is 0 Å². The van der Waals surface area contributed by atoms with Crippen molar-refractivity contribution in [3.8, 4) is 0 Å². The number of sulfonamides is 1. The molecule has 0 aromatic heterocycles. The zero-order valence-electron chi connectivity index (χ0n) is 11.1. The molecule has 1 aromatic rings. The molecule has 2 aliphatic rings. The summed E-state index contributed by atoms with van der Waals surface area (Å²) in [5.74, 6) is 0.538. The van der Waals surface area contributed by atoms with E-state index in [4.69, 9.17) is 0 Å². The van der Waals surface area contributed by atoms with Crippen molar-refractivity contribution in [3.63, 3.8) is 0 Å². The lowest BCUT2D eigenvalue weighted by Crippen LogP contribution is -2.27. The van der Waals surface area contributed by atoms with Crippen LogP contribution in [0.3, 0.4) is 0 Å². The molecule has 1 aromatic carbocycles. The Kier molecular flexibility index (Phi) is 3.37. The van der Waals surface area contributed by atoms with Crippen molar-refractivity contribution in [3.05, 3.63) is 29.3 Å². The molecule has 104 valence electrons. The monoisotopic (exact) mass is 280 g/mol. The SMILES string of the molecule is CCCC1CC1NS(=O)(=O)c1ccc2c(c1)CNC2. The molecule has 1 heterocycles. The Bertz CT molecular complexity index is 583. The van der Waals surface area contributed by atoms with E-state index < -0.39 is 10.0 Å². The summed E-state index contributed by atoms with van der Waals surface area (Å²) < 4.78 is 27.4. The van der Waals surface area contributed by atoms with Crippen molar-refractivity contribution in [2.75, 3.05) is 0 Å². The smallest absolute Gasteiger partial charge is 0.240 e. The van der Waals surface area contributed by atoms with E-state index in [2.05, 4.69) is 17.0 Å².